The summed E-state index contributed by atoms with van der Waals surface area (Å²) in [4.78, 5) is 13.9. The Kier molecular flexibility index (Phi) is 10.3. The molecule has 0 spiro atoms. The highest BCUT2D eigenvalue weighted by Gasteiger charge is 2.26. The number of hydrogen-bond acceptors (Lipinski definition) is 5. The third kappa shape index (κ3) is 7.43. The zero-order valence-electron chi connectivity index (χ0n) is 14.1. The summed E-state index contributed by atoms with van der Waals surface area (Å²) in [5.74, 6) is 0.604. The molecule has 1 unspecified atom stereocenters. The first kappa shape index (κ1) is 22.7. The molecular weight excluding hydrogens is 477 g/mol. The minimum Gasteiger partial charge on any atom is -0.490 e. The summed E-state index contributed by atoms with van der Waals surface area (Å²) in [6.45, 7) is 4.63. The number of carbonyl (C=O) groups excluding carboxylic acids is 1. The molecule has 0 aliphatic carbocycles. The Morgan fingerprint density at radius 1 is 1.36 bits per heavy atom. The molecule has 1 aromatic carbocycles. The highest BCUT2D eigenvalue weighted by Crippen LogP contribution is 2.28. The Labute approximate surface area is 171 Å². The number of rotatable bonds is 7. The summed E-state index contributed by atoms with van der Waals surface area (Å²) in [6.07, 6.45) is 0.995. The van der Waals surface area contributed by atoms with Crippen LogP contribution in [0.25, 0.3) is 0 Å². The lowest BCUT2D eigenvalue weighted by atomic mass is 9.97. The molecule has 1 atom stereocenters. The van der Waals surface area contributed by atoms with E-state index in [1.165, 1.54) is 0 Å². The van der Waals surface area contributed by atoms with Crippen molar-refractivity contribution in [2.24, 2.45) is 5.92 Å². The summed E-state index contributed by atoms with van der Waals surface area (Å²) in [7, 11) is 0. The van der Waals surface area contributed by atoms with Crippen LogP contribution in [0, 0.1) is 5.92 Å². The van der Waals surface area contributed by atoms with Crippen molar-refractivity contribution in [1.29, 1.82) is 0 Å². The van der Waals surface area contributed by atoms with Crippen molar-refractivity contribution in [1.82, 2.24) is 4.90 Å². The molecule has 0 saturated carbocycles. The number of β-amino-alcohol motifs (C(OH)–C–C–N with tert-alkyl or cyclic N) is 1. The lowest BCUT2D eigenvalue weighted by Crippen LogP contribution is -2.42. The van der Waals surface area contributed by atoms with E-state index in [1.54, 1.807) is 0 Å². The van der Waals surface area contributed by atoms with Gasteiger partial charge in [-0.2, -0.15) is 0 Å². The molecule has 142 valence electrons. The molecule has 2 rings (SSSR count). The number of likely N-dealkylation sites (tertiary alicyclic amines) is 1. The van der Waals surface area contributed by atoms with Gasteiger partial charge in [0.05, 0.1) is 17.0 Å². The van der Waals surface area contributed by atoms with E-state index in [-0.39, 0.29) is 30.9 Å². The number of aliphatic hydroxyl groups excluding tert-OH is 1. The lowest BCUT2D eigenvalue weighted by molar-refractivity contribution is -0.149. The van der Waals surface area contributed by atoms with Crippen molar-refractivity contribution in [3.05, 3.63) is 27.1 Å². The van der Waals surface area contributed by atoms with Gasteiger partial charge in [-0.05, 0) is 67.0 Å². The predicted octanol–water partition coefficient (Wildman–Crippen LogP) is 3.65. The number of carbonyl (C=O) groups is 1. The summed E-state index contributed by atoms with van der Waals surface area (Å²) < 4.78 is 12.5. The molecule has 0 bridgehead atoms. The van der Waals surface area contributed by atoms with Crippen molar-refractivity contribution in [3.8, 4) is 5.75 Å². The minimum absolute atomic E-state index is 0. The Hall–Kier alpha value is -0.340. The monoisotopic (exact) mass is 499 g/mol. The Balaban J connectivity index is 0.00000312. The van der Waals surface area contributed by atoms with E-state index < -0.39 is 6.10 Å². The minimum atomic E-state index is -0.570. The average Bonchev–Trinajstić information content (AvgIpc) is 2.55. The fourth-order valence-corrected chi connectivity index (χ4v) is 3.90. The molecule has 8 heteroatoms. The van der Waals surface area contributed by atoms with E-state index in [0.29, 0.717) is 18.9 Å². The molecule has 0 radical (unpaired) electrons. The van der Waals surface area contributed by atoms with Crippen LogP contribution in [0.1, 0.15) is 19.8 Å². The van der Waals surface area contributed by atoms with Crippen LogP contribution in [0.2, 0.25) is 0 Å². The molecule has 1 aliphatic rings. The standard InChI is InChI=1S/C17H23Br2NO4.ClH/c1-2-23-17(22)12-5-7-20(8-6-12)10-14(21)11-24-16-4-3-13(18)9-15(16)19;/h3-4,9,12,14,21H,2,5-8,10-11H2,1H3;1H. The van der Waals surface area contributed by atoms with Gasteiger partial charge in [-0.3, -0.25) is 4.79 Å². The van der Waals surface area contributed by atoms with Crippen LogP contribution >= 0.6 is 44.3 Å². The van der Waals surface area contributed by atoms with Gasteiger partial charge in [0.1, 0.15) is 18.5 Å². The third-order valence-corrected chi connectivity index (χ3v) is 5.11. The van der Waals surface area contributed by atoms with E-state index in [0.717, 1.165) is 34.9 Å². The molecule has 1 N–H and O–H groups in total. The van der Waals surface area contributed by atoms with Crippen molar-refractivity contribution >= 4 is 50.2 Å². The molecule has 5 nitrogen and oxygen atoms in total. The highest BCUT2D eigenvalue weighted by atomic mass is 79.9. The van der Waals surface area contributed by atoms with E-state index in [1.807, 2.05) is 25.1 Å². The van der Waals surface area contributed by atoms with Crippen LogP contribution in [0.5, 0.6) is 5.75 Å². The molecule has 1 saturated heterocycles. The molecule has 1 heterocycles. The maximum Gasteiger partial charge on any atom is 0.309 e. The Morgan fingerprint density at radius 3 is 2.64 bits per heavy atom. The van der Waals surface area contributed by atoms with Gasteiger partial charge in [0.2, 0.25) is 0 Å². The number of hydrogen-bond donors (Lipinski definition) is 1. The number of halogens is 3. The molecular formula is C17H24Br2ClNO4. The molecule has 0 aromatic heterocycles. The third-order valence-electron chi connectivity index (χ3n) is 4.00. The van der Waals surface area contributed by atoms with Gasteiger partial charge in [0, 0.05) is 11.0 Å². The van der Waals surface area contributed by atoms with Gasteiger partial charge in [-0.1, -0.05) is 15.9 Å². The van der Waals surface area contributed by atoms with Crippen molar-refractivity contribution in [3.63, 3.8) is 0 Å². The normalized spacial score (nSPS) is 16.8. The number of ether oxygens (including phenoxy) is 2. The quantitative estimate of drug-likeness (QED) is 0.578. The first-order valence-corrected chi connectivity index (χ1v) is 9.73. The topological polar surface area (TPSA) is 59.0 Å². The fourth-order valence-electron chi connectivity index (χ4n) is 2.74. The molecule has 1 aliphatic heterocycles. The number of esters is 1. The number of aliphatic hydroxyl groups is 1. The van der Waals surface area contributed by atoms with E-state index in [2.05, 4.69) is 36.8 Å². The first-order valence-electron chi connectivity index (χ1n) is 8.14. The second-order valence-corrected chi connectivity index (χ2v) is 7.64. The smallest absolute Gasteiger partial charge is 0.309 e. The van der Waals surface area contributed by atoms with Gasteiger partial charge >= 0.3 is 5.97 Å². The summed E-state index contributed by atoms with van der Waals surface area (Å²) in [6, 6.07) is 5.65. The van der Waals surface area contributed by atoms with Crippen LogP contribution in [0.15, 0.2) is 27.1 Å². The van der Waals surface area contributed by atoms with Crippen molar-refractivity contribution in [2.45, 2.75) is 25.9 Å². The number of piperidine rings is 1. The molecule has 0 amide bonds. The van der Waals surface area contributed by atoms with Gasteiger partial charge < -0.3 is 19.5 Å². The zero-order valence-corrected chi connectivity index (χ0v) is 18.1. The van der Waals surface area contributed by atoms with Gasteiger partial charge in [0.15, 0.2) is 0 Å². The van der Waals surface area contributed by atoms with Crippen LogP contribution in [-0.2, 0) is 9.53 Å². The van der Waals surface area contributed by atoms with E-state index in [4.69, 9.17) is 9.47 Å². The molecule has 25 heavy (non-hydrogen) atoms. The van der Waals surface area contributed by atoms with Gasteiger partial charge in [-0.25, -0.2) is 0 Å². The second-order valence-electron chi connectivity index (χ2n) is 5.87. The maximum atomic E-state index is 11.7. The lowest BCUT2D eigenvalue weighted by Gasteiger charge is -2.32. The number of nitrogens with zero attached hydrogens (tertiary/aromatic N) is 1. The van der Waals surface area contributed by atoms with E-state index >= 15 is 0 Å². The molecule has 1 fully saturated rings. The van der Waals surface area contributed by atoms with Gasteiger partial charge in [-0.15, -0.1) is 12.4 Å². The van der Waals surface area contributed by atoms with Crippen LogP contribution < -0.4 is 4.74 Å². The fraction of sp³-hybridized carbons (Fsp3) is 0.588. The SMILES string of the molecule is CCOC(=O)C1CCN(CC(O)COc2ccc(Br)cc2Br)CC1.Cl. The van der Waals surface area contributed by atoms with Crippen molar-refractivity contribution in [2.75, 3.05) is 32.8 Å². The molecule has 1 aromatic rings. The van der Waals surface area contributed by atoms with Crippen LogP contribution in [0.4, 0.5) is 0 Å². The van der Waals surface area contributed by atoms with Crippen LogP contribution in [0.3, 0.4) is 0 Å². The van der Waals surface area contributed by atoms with Crippen LogP contribution in [-0.4, -0.2) is 54.9 Å². The summed E-state index contributed by atoms with van der Waals surface area (Å²) in [5.41, 5.74) is 0. The maximum absolute atomic E-state index is 11.7. The number of benzene rings is 1. The second kappa shape index (κ2) is 11.4. The predicted molar refractivity (Wildman–Crippen MR) is 106 cm³/mol. The summed E-state index contributed by atoms with van der Waals surface area (Å²) >= 11 is 6.83. The highest BCUT2D eigenvalue weighted by molar-refractivity contribution is 9.11. The first-order chi connectivity index (χ1) is 11.5. The van der Waals surface area contributed by atoms with E-state index in [9.17, 15) is 9.90 Å². The average molecular weight is 502 g/mol. The summed E-state index contributed by atoms with van der Waals surface area (Å²) in [5, 5.41) is 10.2. The Bertz CT molecular complexity index is 553. The largest absolute Gasteiger partial charge is 0.490 e. The zero-order chi connectivity index (χ0) is 17.5. The van der Waals surface area contributed by atoms with Crippen molar-refractivity contribution < 1.29 is 19.4 Å². The Morgan fingerprint density at radius 2 is 2.04 bits per heavy atom. The van der Waals surface area contributed by atoms with Gasteiger partial charge in [0.25, 0.3) is 0 Å².